The highest BCUT2D eigenvalue weighted by atomic mass is 15.2. The molecule has 3 heterocycles. The summed E-state index contributed by atoms with van der Waals surface area (Å²) in [5.74, 6) is 0. The fourth-order valence-electron chi connectivity index (χ4n) is 4.03. The molecule has 2 atom stereocenters. The Morgan fingerprint density at radius 1 is 1.36 bits per heavy atom. The average Bonchev–Trinajstić information content (AvgIpc) is 2.77. The first-order valence-corrected chi connectivity index (χ1v) is 8.24. The lowest BCUT2D eigenvalue weighted by Crippen LogP contribution is -2.41. The van der Waals surface area contributed by atoms with Gasteiger partial charge in [-0.15, -0.1) is 0 Å². The van der Waals surface area contributed by atoms with Crippen LogP contribution in [-0.4, -0.2) is 35.5 Å². The van der Waals surface area contributed by atoms with Gasteiger partial charge in [0.2, 0.25) is 0 Å². The molecular weight excluding hydrogens is 270 g/mol. The molecule has 1 fully saturated rings. The Labute approximate surface area is 133 Å². The molecule has 3 aliphatic rings. The van der Waals surface area contributed by atoms with Gasteiger partial charge in [0.15, 0.2) is 0 Å². The van der Waals surface area contributed by atoms with Gasteiger partial charge in [-0.05, 0) is 44.9 Å². The van der Waals surface area contributed by atoms with Crippen molar-refractivity contribution in [3.63, 3.8) is 0 Å². The van der Waals surface area contributed by atoms with Crippen molar-refractivity contribution in [3.05, 3.63) is 47.3 Å². The number of fused-ring (bicyclic) bond motifs is 3. The van der Waals surface area contributed by atoms with E-state index in [0.717, 1.165) is 25.1 Å². The summed E-state index contributed by atoms with van der Waals surface area (Å²) < 4.78 is 0. The highest BCUT2D eigenvalue weighted by molar-refractivity contribution is 5.37. The largest absolute Gasteiger partial charge is 0.344 e. The lowest BCUT2D eigenvalue weighted by molar-refractivity contribution is 0.220. The maximum absolute atomic E-state index is 9.00. The Bertz CT molecular complexity index is 603. The van der Waals surface area contributed by atoms with Crippen molar-refractivity contribution in [2.24, 2.45) is 0 Å². The molecule has 22 heavy (non-hydrogen) atoms. The predicted molar refractivity (Wildman–Crippen MR) is 89.8 cm³/mol. The van der Waals surface area contributed by atoms with Crippen LogP contribution in [0.5, 0.6) is 0 Å². The van der Waals surface area contributed by atoms with Gasteiger partial charge in [-0.1, -0.05) is 24.3 Å². The minimum absolute atomic E-state index is 0.543. The van der Waals surface area contributed by atoms with Crippen molar-refractivity contribution >= 4 is 0 Å². The van der Waals surface area contributed by atoms with Crippen molar-refractivity contribution in [1.29, 1.82) is 5.26 Å². The minimum Gasteiger partial charge on any atom is -0.344 e. The van der Waals surface area contributed by atoms with Crippen LogP contribution in [0.1, 0.15) is 39.0 Å². The zero-order valence-corrected chi connectivity index (χ0v) is 13.7. The van der Waals surface area contributed by atoms with Crippen LogP contribution in [0.15, 0.2) is 47.3 Å². The molecule has 2 bridgehead atoms. The van der Waals surface area contributed by atoms with Crippen molar-refractivity contribution in [3.8, 4) is 6.07 Å². The number of likely N-dealkylation sites (N-methyl/N-ethyl adjacent to an activating group) is 1. The number of nitrogens with zero attached hydrogens (tertiary/aromatic N) is 3. The summed E-state index contributed by atoms with van der Waals surface area (Å²) in [4.78, 5) is 4.86. The standard InChI is InChI=1S/C19H25N3/c1-14-5-7-15(2)22(12-4-11-20)19-13-16-8-10-18(21(16)3)17(19)9-6-14/h5-7,16,18H,2,4,8-10,12-13H2,1,3H3/b7-5-,14-6-. The molecule has 3 nitrogen and oxygen atoms in total. The van der Waals surface area contributed by atoms with Gasteiger partial charge in [-0.2, -0.15) is 5.26 Å². The van der Waals surface area contributed by atoms with E-state index in [-0.39, 0.29) is 0 Å². The molecule has 3 rings (SSSR count). The monoisotopic (exact) mass is 295 g/mol. The Hall–Kier alpha value is -1.79. The van der Waals surface area contributed by atoms with E-state index < -0.39 is 0 Å². The van der Waals surface area contributed by atoms with E-state index in [1.54, 1.807) is 5.57 Å². The molecule has 0 aromatic carbocycles. The summed E-state index contributed by atoms with van der Waals surface area (Å²) in [5.41, 5.74) is 5.28. The van der Waals surface area contributed by atoms with E-state index in [0.29, 0.717) is 18.5 Å². The Morgan fingerprint density at radius 3 is 2.95 bits per heavy atom. The van der Waals surface area contributed by atoms with Crippen LogP contribution < -0.4 is 0 Å². The first-order valence-electron chi connectivity index (χ1n) is 8.24. The highest BCUT2D eigenvalue weighted by Gasteiger charge is 2.40. The number of hydrogen-bond donors (Lipinski definition) is 0. The van der Waals surface area contributed by atoms with Gasteiger partial charge >= 0.3 is 0 Å². The molecule has 0 aliphatic carbocycles. The Balaban J connectivity index is 2.03. The van der Waals surface area contributed by atoms with Gasteiger partial charge in [0.25, 0.3) is 0 Å². The minimum atomic E-state index is 0.543. The van der Waals surface area contributed by atoms with Gasteiger partial charge in [-0.25, -0.2) is 0 Å². The van der Waals surface area contributed by atoms with Crippen LogP contribution >= 0.6 is 0 Å². The number of hydrogen-bond acceptors (Lipinski definition) is 3. The van der Waals surface area contributed by atoms with E-state index >= 15 is 0 Å². The second-order valence-electron chi connectivity index (χ2n) is 6.63. The van der Waals surface area contributed by atoms with Gasteiger partial charge in [0.05, 0.1) is 12.5 Å². The van der Waals surface area contributed by atoms with E-state index in [9.17, 15) is 0 Å². The van der Waals surface area contributed by atoms with Gasteiger partial charge < -0.3 is 4.90 Å². The van der Waals surface area contributed by atoms with Crippen LogP contribution in [-0.2, 0) is 0 Å². The zero-order valence-electron chi connectivity index (χ0n) is 13.7. The van der Waals surface area contributed by atoms with Crippen LogP contribution in [0.25, 0.3) is 0 Å². The number of allylic oxidation sites excluding steroid dienone is 4. The SMILES string of the molecule is C=C1/C=C\C(C)=C/CC2=C(CC3CCC2N3C)N1CCC#N. The number of nitriles is 1. The van der Waals surface area contributed by atoms with Gasteiger partial charge in [0, 0.05) is 36.4 Å². The molecule has 0 N–H and O–H groups in total. The van der Waals surface area contributed by atoms with E-state index in [2.05, 4.69) is 54.6 Å². The van der Waals surface area contributed by atoms with E-state index in [1.165, 1.54) is 24.1 Å². The van der Waals surface area contributed by atoms with E-state index in [4.69, 9.17) is 5.26 Å². The first kappa shape index (κ1) is 15.1. The Morgan fingerprint density at radius 2 is 2.18 bits per heavy atom. The summed E-state index contributed by atoms with van der Waals surface area (Å²) in [5, 5.41) is 9.00. The maximum Gasteiger partial charge on any atom is 0.0640 e. The normalized spacial score (nSPS) is 32.5. The fourth-order valence-corrected chi connectivity index (χ4v) is 4.03. The highest BCUT2D eigenvalue weighted by Crippen LogP contribution is 2.42. The Kier molecular flexibility index (Phi) is 4.22. The molecule has 0 aromatic heterocycles. The second-order valence-corrected chi connectivity index (χ2v) is 6.63. The van der Waals surface area contributed by atoms with Crippen molar-refractivity contribution in [1.82, 2.24) is 9.80 Å². The van der Waals surface area contributed by atoms with Crippen LogP contribution in [0.4, 0.5) is 0 Å². The smallest absolute Gasteiger partial charge is 0.0640 e. The molecule has 1 saturated heterocycles. The molecule has 0 saturated carbocycles. The van der Waals surface area contributed by atoms with Crippen LogP contribution in [0.3, 0.4) is 0 Å². The molecular formula is C19H25N3. The molecule has 2 unspecified atom stereocenters. The third kappa shape index (κ3) is 2.64. The zero-order chi connectivity index (χ0) is 15.7. The predicted octanol–water partition coefficient (Wildman–Crippen LogP) is 3.74. The lowest BCUT2D eigenvalue weighted by Gasteiger charge is -2.40. The van der Waals surface area contributed by atoms with Crippen LogP contribution in [0.2, 0.25) is 0 Å². The summed E-state index contributed by atoms with van der Waals surface area (Å²) in [7, 11) is 2.27. The fraction of sp³-hybridized carbons (Fsp3) is 0.526. The molecule has 116 valence electrons. The maximum atomic E-state index is 9.00. The third-order valence-corrected chi connectivity index (χ3v) is 5.35. The molecule has 0 amide bonds. The topological polar surface area (TPSA) is 30.3 Å². The summed E-state index contributed by atoms with van der Waals surface area (Å²) in [6.45, 7) is 7.16. The van der Waals surface area contributed by atoms with Crippen molar-refractivity contribution in [2.45, 2.75) is 51.1 Å². The number of rotatable bonds is 2. The van der Waals surface area contributed by atoms with Gasteiger partial charge in [0.1, 0.15) is 0 Å². The van der Waals surface area contributed by atoms with Gasteiger partial charge in [-0.3, -0.25) is 4.90 Å². The van der Waals surface area contributed by atoms with Crippen LogP contribution in [0, 0.1) is 11.3 Å². The molecule has 0 radical (unpaired) electrons. The molecule has 3 aliphatic heterocycles. The first-order chi connectivity index (χ1) is 10.6. The van der Waals surface area contributed by atoms with Crippen molar-refractivity contribution < 1.29 is 0 Å². The summed E-state index contributed by atoms with van der Waals surface area (Å²) in [6.07, 6.45) is 11.8. The molecule has 3 heteroatoms. The second kappa shape index (κ2) is 6.14. The quantitative estimate of drug-likeness (QED) is 0.777. The average molecular weight is 295 g/mol. The summed E-state index contributed by atoms with van der Waals surface area (Å²) >= 11 is 0. The third-order valence-electron chi connectivity index (χ3n) is 5.35. The summed E-state index contributed by atoms with van der Waals surface area (Å²) in [6, 6.07) is 3.50. The van der Waals surface area contributed by atoms with E-state index in [1.807, 2.05) is 0 Å². The molecule has 0 aromatic rings. The molecule has 0 spiro atoms. The van der Waals surface area contributed by atoms with Crippen molar-refractivity contribution in [2.75, 3.05) is 13.6 Å². The lowest BCUT2D eigenvalue weighted by atomic mass is 9.94.